The van der Waals surface area contributed by atoms with Gasteiger partial charge in [-0.15, -0.1) is 0 Å². The van der Waals surface area contributed by atoms with Gasteiger partial charge in [-0.25, -0.2) is 8.42 Å². The fourth-order valence-corrected chi connectivity index (χ4v) is 9.66. The van der Waals surface area contributed by atoms with E-state index in [9.17, 15) is 25.9 Å². The first-order valence-corrected chi connectivity index (χ1v) is 21.4. The molecule has 0 bridgehead atoms. The number of nitrogens with zero attached hydrogens (tertiary/aromatic N) is 2. The van der Waals surface area contributed by atoms with Crippen LogP contribution in [0.15, 0.2) is 119 Å². The first-order valence-electron chi connectivity index (χ1n) is 17.8. The van der Waals surface area contributed by atoms with Crippen LogP contribution in [0, 0.1) is 0 Å². The highest BCUT2D eigenvalue weighted by Gasteiger charge is 2.46. The van der Waals surface area contributed by atoms with Gasteiger partial charge in [0.2, 0.25) is 5.69 Å². The molecule has 7 rings (SSSR count). The molecule has 53 heavy (non-hydrogen) atoms. The van der Waals surface area contributed by atoms with Crippen molar-refractivity contribution in [2.75, 3.05) is 29.5 Å². The molecule has 2 aliphatic heterocycles. The summed E-state index contributed by atoms with van der Waals surface area (Å²) in [5.41, 5.74) is 6.70. The molecule has 1 N–H and O–H groups in total. The Bertz CT molecular complexity index is 2560. The van der Waals surface area contributed by atoms with Crippen molar-refractivity contribution in [2.24, 2.45) is 0 Å². The van der Waals surface area contributed by atoms with Crippen molar-refractivity contribution in [3.05, 3.63) is 130 Å². The molecular weight excluding hydrogens is 728 g/mol. The molecule has 2 heterocycles. The summed E-state index contributed by atoms with van der Waals surface area (Å²) < 4.78 is 70.9. The number of hydrogen-bond donors (Lipinski definition) is 1. The molecule has 4 aromatic rings. The summed E-state index contributed by atoms with van der Waals surface area (Å²) in [4.78, 5) is 1.96. The van der Waals surface area contributed by atoms with Crippen molar-refractivity contribution >= 4 is 70.5 Å². The first-order chi connectivity index (χ1) is 25.0. The van der Waals surface area contributed by atoms with Gasteiger partial charge in [-0.3, -0.25) is 4.55 Å². The highest BCUT2D eigenvalue weighted by molar-refractivity contribution is 7.86. The molecule has 3 aliphatic rings. The highest BCUT2D eigenvalue weighted by Crippen LogP contribution is 2.51. The smallest absolute Gasteiger partial charge is 0.271 e. The lowest BCUT2D eigenvalue weighted by atomic mass is 9.78. The third-order valence-electron chi connectivity index (χ3n) is 11.0. The third-order valence-corrected chi connectivity index (χ3v) is 12.9. The van der Waals surface area contributed by atoms with Gasteiger partial charge in [0, 0.05) is 46.1 Å². The summed E-state index contributed by atoms with van der Waals surface area (Å²) >= 11 is 7.17. The summed E-state index contributed by atoms with van der Waals surface area (Å²) in [6, 6.07) is 24.4. The van der Waals surface area contributed by atoms with Gasteiger partial charge >= 0.3 is 0 Å². The zero-order chi connectivity index (χ0) is 37.9. The molecule has 0 spiro atoms. The van der Waals surface area contributed by atoms with Crippen LogP contribution in [0.25, 0.3) is 21.5 Å². The number of anilines is 1. The van der Waals surface area contributed by atoms with Crippen LogP contribution in [0.2, 0.25) is 0 Å². The maximum absolute atomic E-state index is 11.9. The standard InChI is InChI=1S/C42H43ClN2O6S2/c1-41(2)36(44(24-26-52(46,47)48)34-20-16-28-10-5-7-14-32(28)38(34)41)22-18-30-12-9-13-31(40(30)43)19-23-37-42(3,4)39-33-15-8-6-11-29(33)17-21-35(39)45(37)25-27-53(49,50)51/h5-8,10-11,14-23H,9,12-13,24-27H2,1-4H3,(H-,46,47,48,49,50,51). The van der Waals surface area contributed by atoms with Crippen LogP contribution in [-0.4, -0.2) is 60.8 Å². The largest absolute Gasteiger partial charge is 0.748 e. The zero-order valence-corrected chi connectivity index (χ0v) is 32.7. The Morgan fingerprint density at radius 2 is 1.45 bits per heavy atom. The molecule has 0 unspecified atom stereocenters. The highest BCUT2D eigenvalue weighted by atomic mass is 35.5. The average molecular weight is 771 g/mol. The predicted molar refractivity (Wildman–Crippen MR) is 214 cm³/mol. The third kappa shape index (κ3) is 7.03. The van der Waals surface area contributed by atoms with Gasteiger partial charge in [0.25, 0.3) is 10.1 Å². The van der Waals surface area contributed by atoms with Crippen LogP contribution in [0.1, 0.15) is 58.1 Å². The second kappa shape index (κ2) is 13.7. The van der Waals surface area contributed by atoms with Gasteiger partial charge in [0.15, 0.2) is 12.3 Å². The zero-order valence-electron chi connectivity index (χ0n) is 30.3. The summed E-state index contributed by atoms with van der Waals surface area (Å²) in [5, 5.41) is 4.99. The van der Waals surface area contributed by atoms with E-state index < -0.39 is 42.6 Å². The Morgan fingerprint density at radius 1 is 0.811 bits per heavy atom. The number of hydrogen-bond acceptors (Lipinski definition) is 6. The number of halogens is 1. The Hall–Kier alpha value is -4.06. The van der Waals surface area contributed by atoms with E-state index >= 15 is 0 Å². The molecule has 0 atom stereocenters. The first kappa shape index (κ1) is 37.3. The minimum atomic E-state index is -4.45. The summed E-state index contributed by atoms with van der Waals surface area (Å²) in [5.74, 6) is -0.930. The van der Waals surface area contributed by atoms with E-state index in [0.29, 0.717) is 5.03 Å². The predicted octanol–water partition coefficient (Wildman–Crippen LogP) is 8.64. The second-order valence-corrected chi connectivity index (χ2v) is 18.6. The Kier molecular flexibility index (Phi) is 9.60. The van der Waals surface area contributed by atoms with Crippen LogP contribution in [-0.2, 0) is 31.1 Å². The fraction of sp³-hybridized carbons (Fsp3) is 0.310. The van der Waals surface area contributed by atoms with Crippen molar-refractivity contribution in [1.82, 2.24) is 0 Å². The van der Waals surface area contributed by atoms with E-state index in [0.717, 1.165) is 85.9 Å². The molecule has 8 nitrogen and oxygen atoms in total. The van der Waals surface area contributed by atoms with Crippen LogP contribution in [0.4, 0.5) is 11.4 Å². The SMILES string of the molecule is CC1(C)C(/C=C/C2=C(Cl)C(=C/C=C3/N(CCS(=O)(=O)[O-])c4ccc5ccccc5c4C3(C)C)/CCC2)=[N+](CCS(=O)(=O)O)c2ccc3ccccc3c21. The molecule has 0 radical (unpaired) electrons. The van der Waals surface area contributed by atoms with Crippen molar-refractivity contribution in [1.29, 1.82) is 0 Å². The summed E-state index contributed by atoms with van der Waals surface area (Å²) in [6.45, 7) is 8.64. The van der Waals surface area contributed by atoms with Gasteiger partial charge < -0.3 is 9.45 Å². The van der Waals surface area contributed by atoms with E-state index in [1.54, 1.807) is 0 Å². The molecule has 0 amide bonds. The molecule has 0 aromatic heterocycles. The molecule has 276 valence electrons. The molecule has 0 fully saturated rings. The second-order valence-electron chi connectivity index (χ2n) is 15.1. The van der Waals surface area contributed by atoms with E-state index in [-0.39, 0.29) is 13.1 Å². The quantitative estimate of drug-likeness (QED) is 0.134. The van der Waals surface area contributed by atoms with Gasteiger partial charge in [-0.05, 0) is 89.6 Å². The fourth-order valence-electron chi connectivity index (χ4n) is 8.53. The molecule has 0 saturated carbocycles. The number of fused-ring (bicyclic) bond motifs is 6. The van der Waals surface area contributed by atoms with Gasteiger partial charge in [-0.1, -0.05) is 92.2 Å². The van der Waals surface area contributed by atoms with Crippen molar-refractivity contribution in [2.45, 2.75) is 57.8 Å². The monoisotopic (exact) mass is 770 g/mol. The van der Waals surface area contributed by atoms with E-state index in [1.165, 1.54) is 0 Å². The van der Waals surface area contributed by atoms with Gasteiger partial charge in [0.05, 0.1) is 21.3 Å². The van der Waals surface area contributed by atoms with Crippen molar-refractivity contribution in [3.8, 4) is 0 Å². The number of rotatable bonds is 9. The Balaban J connectivity index is 1.28. The van der Waals surface area contributed by atoms with Gasteiger partial charge in [-0.2, -0.15) is 13.0 Å². The summed E-state index contributed by atoms with van der Waals surface area (Å²) in [7, 11) is -8.66. The maximum atomic E-state index is 11.9. The van der Waals surface area contributed by atoms with Crippen LogP contribution < -0.4 is 4.90 Å². The molecule has 0 saturated heterocycles. The lowest BCUT2D eigenvalue weighted by Gasteiger charge is -2.27. The van der Waals surface area contributed by atoms with E-state index in [4.69, 9.17) is 11.6 Å². The minimum Gasteiger partial charge on any atom is -0.748 e. The van der Waals surface area contributed by atoms with E-state index in [1.807, 2.05) is 82.3 Å². The molecular formula is C42H43ClN2O6S2. The van der Waals surface area contributed by atoms with Crippen LogP contribution in [0.5, 0.6) is 0 Å². The Morgan fingerprint density at radius 3 is 2.11 bits per heavy atom. The minimum absolute atomic E-state index is 0.0350. The van der Waals surface area contributed by atoms with Crippen molar-refractivity contribution < 1.29 is 30.5 Å². The number of benzene rings is 4. The van der Waals surface area contributed by atoms with Gasteiger partial charge in [0.1, 0.15) is 5.75 Å². The normalized spacial score (nSPS) is 20.1. The topological polar surface area (TPSA) is 118 Å². The van der Waals surface area contributed by atoms with Crippen LogP contribution in [0.3, 0.4) is 0 Å². The average Bonchev–Trinajstić information content (AvgIpc) is 3.46. The lowest BCUT2D eigenvalue weighted by molar-refractivity contribution is -0.432. The Labute approximate surface area is 317 Å². The summed E-state index contributed by atoms with van der Waals surface area (Å²) in [6.07, 6.45) is 10.5. The maximum Gasteiger partial charge on any atom is 0.271 e. The number of allylic oxidation sites excluding steroid dienone is 8. The molecule has 11 heteroatoms. The lowest BCUT2D eigenvalue weighted by Crippen LogP contribution is -2.30. The van der Waals surface area contributed by atoms with Crippen LogP contribution >= 0.6 is 11.6 Å². The van der Waals surface area contributed by atoms with E-state index in [2.05, 4.69) is 52.0 Å². The van der Waals surface area contributed by atoms with Crippen molar-refractivity contribution in [3.63, 3.8) is 0 Å². The molecule has 4 aromatic carbocycles. The molecule has 1 aliphatic carbocycles.